The van der Waals surface area contributed by atoms with Crippen LogP contribution in [0.15, 0.2) is 0 Å². The van der Waals surface area contributed by atoms with Crippen molar-refractivity contribution in [2.45, 2.75) is 0 Å². The Morgan fingerprint density at radius 1 is 1.33 bits per heavy atom. The standard InChI is InChI=1S/C7H16N2O2S/c1-8-2-4-9(5-3-8)6-7-12(10)11/h2-7H2,1H3,(H,10,11). The molecule has 0 aromatic rings. The maximum absolute atomic E-state index is 10.4. The Labute approximate surface area is 75.8 Å². The molecule has 0 amide bonds. The minimum atomic E-state index is -1.63. The Kier molecular flexibility index (Phi) is 4.14. The van der Waals surface area contributed by atoms with Gasteiger partial charge in [0.25, 0.3) is 0 Å². The quantitative estimate of drug-likeness (QED) is 0.610. The molecule has 0 aromatic heterocycles. The highest BCUT2D eigenvalue weighted by molar-refractivity contribution is 7.79. The predicted molar refractivity (Wildman–Crippen MR) is 49.6 cm³/mol. The maximum atomic E-state index is 10.4. The van der Waals surface area contributed by atoms with Crippen molar-refractivity contribution in [1.29, 1.82) is 0 Å². The van der Waals surface area contributed by atoms with Crippen molar-refractivity contribution in [2.75, 3.05) is 45.5 Å². The van der Waals surface area contributed by atoms with Gasteiger partial charge in [0.05, 0.1) is 5.75 Å². The van der Waals surface area contributed by atoms with Gasteiger partial charge in [-0.3, -0.25) is 4.90 Å². The lowest BCUT2D eigenvalue weighted by molar-refractivity contribution is 0.161. The molecular weight excluding hydrogens is 176 g/mol. The lowest BCUT2D eigenvalue weighted by Crippen LogP contribution is -2.45. The first-order valence-electron chi connectivity index (χ1n) is 4.17. The molecule has 1 atom stereocenters. The maximum Gasteiger partial charge on any atom is 0.154 e. The van der Waals surface area contributed by atoms with E-state index < -0.39 is 11.1 Å². The van der Waals surface area contributed by atoms with E-state index >= 15 is 0 Å². The molecule has 1 aliphatic heterocycles. The highest BCUT2D eigenvalue weighted by Crippen LogP contribution is 1.98. The SMILES string of the molecule is CN1CCN(CCS(=O)O)CC1. The van der Waals surface area contributed by atoms with Gasteiger partial charge in [-0.1, -0.05) is 0 Å². The van der Waals surface area contributed by atoms with Crippen molar-refractivity contribution in [1.82, 2.24) is 9.80 Å². The van der Waals surface area contributed by atoms with Gasteiger partial charge in [-0.05, 0) is 7.05 Å². The van der Waals surface area contributed by atoms with E-state index in [2.05, 4.69) is 16.8 Å². The summed E-state index contributed by atoms with van der Waals surface area (Å²) in [6.07, 6.45) is 0. The van der Waals surface area contributed by atoms with Crippen LogP contribution >= 0.6 is 0 Å². The summed E-state index contributed by atoms with van der Waals surface area (Å²) in [5, 5.41) is 0. The van der Waals surface area contributed by atoms with E-state index in [4.69, 9.17) is 4.55 Å². The van der Waals surface area contributed by atoms with Crippen LogP contribution in [0.5, 0.6) is 0 Å². The molecule has 1 N–H and O–H groups in total. The van der Waals surface area contributed by atoms with E-state index in [1.54, 1.807) is 0 Å². The van der Waals surface area contributed by atoms with Crippen LogP contribution in [0.1, 0.15) is 0 Å². The fourth-order valence-electron chi connectivity index (χ4n) is 1.28. The van der Waals surface area contributed by atoms with Crippen molar-refractivity contribution in [3.63, 3.8) is 0 Å². The number of piperazine rings is 1. The Balaban J connectivity index is 2.13. The van der Waals surface area contributed by atoms with Crippen LogP contribution in [0.4, 0.5) is 0 Å². The first-order chi connectivity index (χ1) is 5.68. The molecule has 1 saturated heterocycles. The van der Waals surface area contributed by atoms with Crippen molar-refractivity contribution < 1.29 is 8.76 Å². The van der Waals surface area contributed by atoms with Crippen LogP contribution < -0.4 is 0 Å². The molecule has 1 heterocycles. The molecule has 1 unspecified atom stereocenters. The summed E-state index contributed by atoms with van der Waals surface area (Å²) >= 11 is -1.63. The van der Waals surface area contributed by atoms with Crippen LogP contribution in [0.25, 0.3) is 0 Å². The van der Waals surface area contributed by atoms with Gasteiger partial charge >= 0.3 is 0 Å². The minimum absolute atomic E-state index is 0.379. The van der Waals surface area contributed by atoms with Crippen LogP contribution in [0, 0.1) is 0 Å². The lowest BCUT2D eigenvalue weighted by atomic mass is 10.3. The molecule has 0 aromatic carbocycles. The molecule has 1 rings (SSSR count). The number of hydrogen-bond acceptors (Lipinski definition) is 3. The molecule has 0 spiro atoms. The molecule has 1 fully saturated rings. The molecule has 0 bridgehead atoms. The summed E-state index contributed by atoms with van der Waals surface area (Å²) in [7, 11) is 2.10. The highest BCUT2D eigenvalue weighted by Gasteiger charge is 2.13. The fraction of sp³-hybridized carbons (Fsp3) is 1.00. The second-order valence-electron chi connectivity index (χ2n) is 3.17. The van der Waals surface area contributed by atoms with Gasteiger partial charge in [0.1, 0.15) is 0 Å². The Morgan fingerprint density at radius 2 is 1.92 bits per heavy atom. The van der Waals surface area contributed by atoms with E-state index in [1.807, 2.05) is 0 Å². The van der Waals surface area contributed by atoms with Crippen molar-refractivity contribution in [3.05, 3.63) is 0 Å². The van der Waals surface area contributed by atoms with Crippen molar-refractivity contribution >= 4 is 11.1 Å². The molecule has 72 valence electrons. The smallest absolute Gasteiger partial charge is 0.154 e. The predicted octanol–water partition coefficient (Wildman–Crippen LogP) is -0.544. The third kappa shape index (κ3) is 3.62. The average Bonchev–Trinajstić information content (AvgIpc) is 2.03. The molecule has 0 saturated carbocycles. The third-order valence-corrected chi connectivity index (χ3v) is 2.71. The topological polar surface area (TPSA) is 43.8 Å². The summed E-state index contributed by atoms with van der Waals surface area (Å²) < 4.78 is 19.0. The molecule has 0 aliphatic carbocycles. The molecule has 5 heteroatoms. The molecule has 0 radical (unpaired) electrons. The van der Waals surface area contributed by atoms with Gasteiger partial charge in [-0.2, -0.15) is 0 Å². The first-order valence-corrected chi connectivity index (χ1v) is 5.44. The summed E-state index contributed by atoms with van der Waals surface area (Å²) in [5.74, 6) is 0.379. The van der Waals surface area contributed by atoms with E-state index in [0.717, 1.165) is 32.7 Å². The van der Waals surface area contributed by atoms with Crippen LogP contribution in [0.2, 0.25) is 0 Å². The van der Waals surface area contributed by atoms with Gasteiger partial charge in [0, 0.05) is 32.7 Å². The van der Waals surface area contributed by atoms with Gasteiger partial charge in [0.2, 0.25) is 0 Å². The largest absolute Gasteiger partial charge is 0.306 e. The van der Waals surface area contributed by atoms with Crippen LogP contribution in [0.3, 0.4) is 0 Å². The Bertz CT molecular complexity index is 157. The van der Waals surface area contributed by atoms with Gasteiger partial charge < -0.3 is 9.45 Å². The zero-order valence-electron chi connectivity index (χ0n) is 7.40. The van der Waals surface area contributed by atoms with E-state index in [0.29, 0.717) is 5.75 Å². The van der Waals surface area contributed by atoms with Crippen LogP contribution in [-0.4, -0.2) is 64.1 Å². The Morgan fingerprint density at radius 3 is 2.42 bits per heavy atom. The molecule has 1 aliphatic rings. The van der Waals surface area contributed by atoms with Crippen LogP contribution in [-0.2, 0) is 11.1 Å². The average molecular weight is 192 g/mol. The van der Waals surface area contributed by atoms with E-state index in [1.165, 1.54) is 0 Å². The van der Waals surface area contributed by atoms with Gasteiger partial charge in [-0.25, -0.2) is 4.21 Å². The Hall–Kier alpha value is 0.0300. The minimum Gasteiger partial charge on any atom is -0.306 e. The second kappa shape index (κ2) is 4.91. The zero-order chi connectivity index (χ0) is 8.97. The normalized spacial score (nSPS) is 24.2. The number of hydrogen-bond donors (Lipinski definition) is 1. The summed E-state index contributed by atoms with van der Waals surface area (Å²) in [6.45, 7) is 4.93. The fourth-order valence-corrected chi connectivity index (χ4v) is 1.69. The van der Waals surface area contributed by atoms with Gasteiger partial charge in [-0.15, -0.1) is 0 Å². The zero-order valence-corrected chi connectivity index (χ0v) is 8.22. The number of nitrogens with zero attached hydrogens (tertiary/aromatic N) is 2. The third-order valence-electron chi connectivity index (χ3n) is 2.18. The molecule has 4 nitrogen and oxygen atoms in total. The van der Waals surface area contributed by atoms with Crippen molar-refractivity contribution in [2.24, 2.45) is 0 Å². The summed E-state index contributed by atoms with van der Waals surface area (Å²) in [4.78, 5) is 4.50. The second-order valence-corrected chi connectivity index (χ2v) is 4.22. The summed E-state index contributed by atoms with van der Waals surface area (Å²) in [6, 6.07) is 0. The molecule has 12 heavy (non-hydrogen) atoms. The van der Waals surface area contributed by atoms with E-state index in [-0.39, 0.29) is 0 Å². The van der Waals surface area contributed by atoms with Gasteiger partial charge in [0.15, 0.2) is 11.1 Å². The first kappa shape index (κ1) is 10.1. The van der Waals surface area contributed by atoms with E-state index in [9.17, 15) is 4.21 Å². The number of rotatable bonds is 3. The highest BCUT2D eigenvalue weighted by atomic mass is 32.2. The monoisotopic (exact) mass is 192 g/mol. The lowest BCUT2D eigenvalue weighted by Gasteiger charge is -2.31. The van der Waals surface area contributed by atoms with Crippen molar-refractivity contribution in [3.8, 4) is 0 Å². The number of likely N-dealkylation sites (N-methyl/N-ethyl adjacent to an activating group) is 1. The molecular formula is C7H16N2O2S. The summed E-state index contributed by atoms with van der Waals surface area (Å²) in [5.41, 5.74) is 0.